The molecular formula is C23H37IN4O2. The fraction of sp³-hybridized carbons (Fsp3) is 0.609. The van der Waals surface area contributed by atoms with Crippen LogP contribution in [0, 0.1) is 0 Å². The summed E-state index contributed by atoms with van der Waals surface area (Å²) in [5.74, 6) is 1.78. The number of rotatable bonds is 9. The number of morpholine rings is 1. The van der Waals surface area contributed by atoms with E-state index in [1.807, 2.05) is 19.2 Å². The molecule has 0 amide bonds. The molecule has 2 aliphatic rings. The molecule has 0 radical (unpaired) electrons. The van der Waals surface area contributed by atoms with Gasteiger partial charge in [-0.1, -0.05) is 29.8 Å². The number of guanidine groups is 1. The van der Waals surface area contributed by atoms with Crippen LogP contribution in [-0.4, -0.2) is 63.9 Å². The molecule has 1 saturated heterocycles. The Hall–Kier alpha value is -1.32. The molecule has 2 N–H and O–H groups in total. The van der Waals surface area contributed by atoms with Gasteiger partial charge in [0, 0.05) is 45.3 Å². The number of nitrogens with zero attached hydrogens (tertiary/aromatic N) is 2. The summed E-state index contributed by atoms with van der Waals surface area (Å²) >= 11 is 0. The number of nitrogens with one attached hydrogen (secondary N) is 2. The molecule has 0 bridgehead atoms. The smallest absolute Gasteiger partial charge is 0.191 e. The monoisotopic (exact) mass is 528 g/mol. The van der Waals surface area contributed by atoms with Crippen molar-refractivity contribution in [1.29, 1.82) is 0 Å². The number of para-hydroxylation sites is 1. The highest BCUT2D eigenvalue weighted by molar-refractivity contribution is 14.0. The van der Waals surface area contributed by atoms with Crippen molar-refractivity contribution >= 4 is 29.9 Å². The molecule has 1 aliphatic heterocycles. The SMILES string of the molecule is CN=C(NCCC1=CCCCC1)NCc1ccccc1OCCN1CCOCC1.I. The molecule has 1 aromatic rings. The molecule has 0 atom stereocenters. The van der Waals surface area contributed by atoms with Crippen LogP contribution >= 0.6 is 24.0 Å². The molecule has 7 heteroatoms. The first kappa shape index (κ1) is 24.9. The predicted molar refractivity (Wildman–Crippen MR) is 134 cm³/mol. The van der Waals surface area contributed by atoms with E-state index in [4.69, 9.17) is 9.47 Å². The van der Waals surface area contributed by atoms with Crippen LogP contribution in [0.25, 0.3) is 0 Å². The zero-order valence-electron chi connectivity index (χ0n) is 18.2. The Morgan fingerprint density at radius 3 is 2.77 bits per heavy atom. The van der Waals surface area contributed by atoms with Crippen LogP contribution in [0.2, 0.25) is 0 Å². The number of aliphatic imine (C=N–C) groups is 1. The Morgan fingerprint density at radius 1 is 1.17 bits per heavy atom. The third-order valence-electron chi connectivity index (χ3n) is 5.53. The molecule has 0 saturated carbocycles. The van der Waals surface area contributed by atoms with Crippen molar-refractivity contribution in [2.45, 2.75) is 38.6 Å². The van der Waals surface area contributed by atoms with Gasteiger partial charge in [-0.2, -0.15) is 0 Å². The van der Waals surface area contributed by atoms with Crippen LogP contribution in [0.5, 0.6) is 5.75 Å². The van der Waals surface area contributed by atoms with Gasteiger partial charge in [0.1, 0.15) is 12.4 Å². The van der Waals surface area contributed by atoms with Crippen molar-refractivity contribution < 1.29 is 9.47 Å². The van der Waals surface area contributed by atoms with Crippen molar-refractivity contribution in [3.05, 3.63) is 41.5 Å². The van der Waals surface area contributed by atoms with Gasteiger partial charge in [0.2, 0.25) is 0 Å². The quantitative estimate of drug-likeness (QED) is 0.222. The number of ether oxygens (including phenoxy) is 2. The van der Waals surface area contributed by atoms with Crippen LogP contribution in [0.3, 0.4) is 0 Å². The maximum absolute atomic E-state index is 6.08. The predicted octanol–water partition coefficient (Wildman–Crippen LogP) is 3.57. The molecule has 1 aliphatic carbocycles. The van der Waals surface area contributed by atoms with Gasteiger partial charge in [0.15, 0.2) is 5.96 Å². The van der Waals surface area contributed by atoms with Crippen molar-refractivity contribution in [3.8, 4) is 5.75 Å². The van der Waals surface area contributed by atoms with Crippen LogP contribution < -0.4 is 15.4 Å². The molecule has 1 heterocycles. The van der Waals surface area contributed by atoms with Crippen LogP contribution in [0.1, 0.15) is 37.7 Å². The van der Waals surface area contributed by atoms with Gasteiger partial charge in [0.05, 0.1) is 13.2 Å². The summed E-state index contributed by atoms with van der Waals surface area (Å²) in [5, 5.41) is 6.85. The standard InChI is InChI=1S/C23H36N4O2.HI/c1-24-23(25-12-11-20-7-3-2-4-8-20)26-19-21-9-5-6-10-22(21)29-18-15-27-13-16-28-17-14-27;/h5-7,9-10H,2-4,8,11-19H2,1H3,(H2,24,25,26);1H. The first-order valence-electron chi connectivity index (χ1n) is 11.0. The highest BCUT2D eigenvalue weighted by Crippen LogP contribution is 2.19. The van der Waals surface area contributed by atoms with Gasteiger partial charge >= 0.3 is 0 Å². The lowest BCUT2D eigenvalue weighted by Crippen LogP contribution is -2.39. The number of benzene rings is 1. The number of hydrogen-bond acceptors (Lipinski definition) is 4. The van der Waals surface area contributed by atoms with Gasteiger partial charge < -0.3 is 20.1 Å². The minimum atomic E-state index is 0. The summed E-state index contributed by atoms with van der Waals surface area (Å²) in [5.41, 5.74) is 2.73. The fourth-order valence-corrected chi connectivity index (χ4v) is 3.77. The molecule has 0 aromatic heterocycles. The van der Waals surface area contributed by atoms with E-state index in [1.165, 1.54) is 25.7 Å². The van der Waals surface area contributed by atoms with Gasteiger partial charge in [-0.15, -0.1) is 24.0 Å². The van der Waals surface area contributed by atoms with E-state index in [-0.39, 0.29) is 24.0 Å². The minimum Gasteiger partial charge on any atom is -0.492 e. The fourth-order valence-electron chi connectivity index (χ4n) is 3.77. The normalized spacial score (nSPS) is 17.6. The van der Waals surface area contributed by atoms with E-state index in [9.17, 15) is 0 Å². The Balaban J connectivity index is 0.00000320. The van der Waals surface area contributed by atoms with Crippen molar-refractivity contribution in [3.63, 3.8) is 0 Å². The average Bonchev–Trinajstić information content (AvgIpc) is 2.78. The van der Waals surface area contributed by atoms with E-state index in [1.54, 1.807) is 5.57 Å². The van der Waals surface area contributed by atoms with Crippen molar-refractivity contribution in [2.75, 3.05) is 53.0 Å². The van der Waals surface area contributed by atoms with E-state index in [0.717, 1.165) is 63.1 Å². The molecule has 1 fully saturated rings. The topological polar surface area (TPSA) is 58.1 Å². The molecule has 30 heavy (non-hydrogen) atoms. The first-order chi connectivity index (χ1) is 14.3. The first-order valence-corrected chi connectivity index (χ1v) is 11.0. The second-order valence-corrected chi connectivity index (χ2v) is 7.62. The third-order valence-corrected chi connectivity index (χ3v) is 5.53. The van der Waals surface area contributed by atoms with E-state index >= 15 is 0 Å². The molecule has 6 nitrogen and oxygen atoms in total. The Bertz CT molecular complexity index is 675. The molecule has 0 unspecified atom stereocenters. The van der Waals surface area contributed by atoms with E-state index < -0.39 is 0 Å². The van der Waals surface area contributed by atoms with E-state index in [2.05, 4.69) is 38.7 Å². The van der Waals surface area contributed by atoms with Gasteiger partial charge in [-0.3, -0.25) is 9.89 Å². The molecule has 1 aromatic carbocycles. The Labute approximate surface area is 198 Å². The highest BCUT2D eigenvalue weighted by Gasteiger charge is 2.11. The lowest BCUT2D eigenvalue weighted by Gasteiger charge is -2.26. The van der Waals surface area contributed by atoms with E-state index in [0.29, 0.717) is 13.2 Å². The van der Waals surface area contributed by atoms with Gasteiger partial charge in [0.25, 0.3) is 0 Å². The minimum absolute atomic E-state index is 0. The Morgan fingerprint density at radius 2 is 2.00 bits per heavy atom. The summed E-state index contributed by atoms with van der Waals surface area (Å²) in [6.07, 6.45) is 8.68. The third kappa shape index (κ3) is 8.81. The maximum atomic E-state index is 6.08. The Kier molecular flexibility index (Phi) is 12.2. The van der Waals surface area contributed by atoms with Gasteiger partial charge in [-0.25, -0.2) is 0 Å². The molecular weight excluding hydrogens is 491 g/mol. The number of allylic oxidation sites excluding steroid dienone is 1. The average molecular weight is 528 g/mol. The molecule has 3 rings (SSSR count). The largest absolute Gasteiger partial charge is 0.492 e. The van der Waals surface area contributed by atoms with Crippen molar-refractivity contribution in [1.82, 2.24) is 15.5 Å². The van der Waals surface area contributed by atoms with Gasteiger partial charge in [-0.05, 0) is 38.2 Å². The summed E-state index contributed by atoms with van der Waals surface area (Å²) in [7, 11) is 1.82. The van der Waals surface area contributed by atoms with Crippen LogP contribution in [-0.2, 0) is 11.3 Å². The number of hydrogen-bond donors (Lipinski definition) is 2. The zero-order chi connectivity index (χ0) is 20.2. The molecule has 0 spiro atoms. The summed E-state index contributed by atoms with van der Waals surface area (Å²) in [6.45, 7) is 6.87. The van der Waals surface area contributed by atoms with Crippen LogP contribution in [0.15, 0.2) is 40.9 Å². The summed E-state index contributed by atoms with van der Waals surface area (Å²) in [4.78, 5) is 6.74. The van der Waals surface area contributed by atoms with Crippen molar-refractivity contribution in [2.24, 2.45) is 4.99 Å². The van der Waals surface area contributed by atoms with Crippen LogP contribution in [0.4, 0.5) is 0 Å². The zero-order valence-corrected chi connectivity index (χ0v) is 20.5. The second-order valence-electron chi connectivity index (χ2n) is 7.62. The lowest BCUT2D eigenvalue weighted by molar-refractivity contribution is 0.0322. The lowest BCUT2D eigenvalue weighted by atomic mass is 9.97. The number of halogens is 1. The maximum Gasteiger partial charge on any atom is 0.191 e. The summed E-state index contributed by atoms with van der Waals surface area (Å²) in [6, 6.07) is 8.23. The second kappa shape index (κ2) is 14.6. The highest BCUT2D eigenvalue weighted by atomic mass is 127. The summed E-state index contributed by atoms with van der Waals surface area (Å²) < 4.78 is 11.5. The molecule has 168 valence electrons.